The average Bonchev–Trinajstić information content (AvgIpc) is 2.40. The van der Waals surface area contributed by atoms with Gasteiger partial charge in [-0.1, -0.05) is 19.9 Å². The van der Waals surface area contributed by atoms with Crippen molar-refractivity contribution in [3.05, 3.63) is 29.8 Å². The van der Waals surface area contributed by atoms with Gasteiger partial charge in [-0.25, -0.2) is 4.98 Å². The summed E-state index contributed by atoms with van der Waals surface area (Å²) < 4.78 is 12.9. The van der Waals surface area contributed by atoms with Crippen molar-refractivity contribution in [2.24, 2.45) is 0 Å². The quantitative estimate of drug-likeness (QED) is 0.808. The number of nitrogens with one attached hydrogen (secondary N) is 1. The monoisotopic (exact) mass is 270 g/mol. The van der Waals surface area contributed by atoms with E-state index in [0.717, 1.165) is 12.8 Å². The molecule has 0 aliphatic carbocycles. The van der Waals surface area contributed by atoms with Gasteiger partial charge in [-0.2, -0.15) is 16.2 Å². The molecule has 1 aromatic rings. The van der Waals surface area contributed by atoms with Gasteiger partial charge in [0.25, 0.3) is 5.91 Å². The number of hydrogen-bond donors (Lipinski definition) is 1. The van der Waals surface area contributed by atoms with Crippen molar-refractivity contribution >= 4 is 17.7 Å². The Morgan fingerprint density at radius 2 is 2.11 bits per heavy atom. The second kappa shape index (κ2) is 6.73. The van der Waals surface area contributed by atoms with Crippen LogP contribution in [0.4, 0.5) is 4.39 Å². The number of rotatable bonds is 6. The van der Waals surface area contributed by atoms with Gasteiger partial charge < -0.3 is 5.32 Å². The molecule has 0 radical (unpaired) electrons. The highest BCUT2D eigenvalue weighted by Gasteiger charge is 2.25. The third-order valence-corrected chi connectivity index (χ3v) is 4.83. The molecule has 0 aliphatic heterocycles. The summed E-state index contributed by atoms with van der Waals surface area (Å²) in [4.78, 5) is 15.4. The normalized spacial score (nSPS) is 11.3. The fourth-order valence-electron chi connectivity index (χ4n) is 1.73. The van der Waals surface area contributed by atoms with Gasteiger partial charge >= 0.3 is 0 Å². The molecule has 0 aromatic carbocycles. The van der Waals surface area contributed by atoms with Gasteiger partial charge in [0.15, 0.2) is 0 Å². The van der Waals surface area contributed by atoms with Gasteiger partial charge in [-0.05, 0) is 31.2 Å². The molecule has 1 rings (SSSR count). The lowest BCUT2D eigenvalue weighted by Crippen LogP contribution is -2.39. The van der Waals surface area contributed by atoms with Crippen LogP contribution in [0, 0.1) is 5.95 Å². The van der Waals surface area contributed by atoms with Gasteiger partial charge in [0.2, 0.25) is 5.95 Å². The summed E-state index contributed by atoms with van der Waals surface area (Å²) in [6.07, 6.45) is 3.99. The van der Waals surface area contributed by atoms with E-state index in [-0.39, 0.29) is 16.3 Å². The molecule has 100 valence electrons. The number of nitrogens with zero attached hydrogens (tertiary/aromatic N) is 1. The fraction of sp³-hybridized carbons (Fsp3) is 0.538. The SMILES string of the molecule is CCC(CC)(CNC(=O)c1cccc(F)n1)SC. The van der Waals surface area contributed by atoms with E-state index in [0.29, 0.717) is 6.54 Å². The third kappa shape index (κ3) is 3.70. The fourth-order valence-corrected chi connectivity index (χ4v) is 2.52. The van der Waals surface area contributed by atoms with Crippen molar-refractivity contribution in [1.82, 2.24) is 10.3 Å². The summed E-state index contributed by atoms with van der Waals surface area (Å²) in [5, 5.41) is 2.83. The van der Waals surface area contributed by atoms with Crippen LogP contribution in [0.2, 0.25) is 0 Å². The first-order chi connectivity index (χ1) is 8.56. The first-order valence-corrected chi connectivity index (χ1v) is 7.25. The zero-order chi connectivity index (χ0) is 13.6. The number of amides is 1. The van der Waals surface area contributed by atoms with Crippen molar-refractivity contribution < 1.29 is 9.18 Å². The van der Waals surface area contributed by atoms with Crippen LogP contribution < -0.4 is 5.32 Å². The van der Waals surface area contributed by atoms with Crippen LogP contribution in [0.1, 0.15) is 37.2 Å². The number of thioether (sulfide) groups is 1. The summed E-state index contributed by atoms with van der Waals surface area (Å²) in [5.74, 6) is -0.959. The van der Waals surface area contributed by atoms with E-state index in [4.69, 9.17) is 0 Å². The number of aromatic nitrogens is 1. The third-order valence-electron chi connectivity index (χ3n) is 3.24. The van der Waals surface area contributed by atoms with Crippen LogP contribution in [-0.4, -0.2) is 28.4 Å². The highest BCUT2D eigenvalue weighted by Crippen LogP contribution is 2.29. The molecule has 18 heavy (non-hydrogen) atoms. The first-order valence-electron chi connectivity index (χ1n) is 6.03. The molecule has 1 heterocycles. The molecule has 0 aliphatic rings. The number of pyridine rings is 1. The Kier molecular flexibility index (Phi) is 5.59. The van der Waals surface area contributed by atoms with Crippen LogP contribution in [0.25, 0.3) is 0 Å². The van der Waals surface area contributed by atoms with Gasteiger partial charge in [0.1, 0.15) is 5.69 Å². The Morgan fingerprint density at radius 1 is 1.44 bits per heavy atom. The lowest BCUT2D eigenvalue weighted by molar-refractivity contribution is 0.0943. The second-order valence-electron chi connectivity index (χ2n) is 4.12. The van der Waals surface area contributed by atoms with Crippen molar-refractivity contribution in [2.45, 2.75) is 31.4 Å². The summed E-state index contributed by atoms with van der Waals surface area (Å²) in [7, 11) is 0. The molecule has 0 saturated carbocycles. The van der Waals surface area contributed by atoms with Crippen LogP contribution in [0.15, 0.2) is 18.2 Å². The van der Waals surface area contributed by atoms with Crippen molar-refractivity contribution in [2.75, 3.05) is 12.8 Å². The van der Waals surface area contributed by atoms with Gasteiger partial charge in [-0.15, -0.1) is 0 Å². The summed E-state index contributed by atoms with van der Waals surface area (Å²) >= 11 is 1.75. The van der Waals surface area contributed by atoms with Gasteiger partial charge in [-0.3, -0.25) is 4.79 Å². The van der Waals surface area contributed by atoms with E-state index in [1.54, 1.807) is 11.8 Å². The Labute approximate surface area is 112 Å². The molecule has 0 fully saturated rings. The maximum Gasteiger partial charge on any atom is 0.270 e. The predicted octanol–water partition coefficient (Wildman–Crippen LogP) is 2.87. The Hall–Kier alpha value is -1.10. The maximum absolute atomic E-state index is 12.9. The smallest absolute Gasteiger partial charge is 0.270 e. The minimum atomic E-state index is -0.634. The average molecular weight is 270 g/mol. The van der Waals surface area contributed by atoms with E-state index in [1.165, 1.54) is 18.2 Å². The molecule has 0 spiro atoms. The number of carbonyl (C=O) groups is 1. The van der Waals surface area contributed by atoms with Gasteiger partial charge in [0.05, 0.1) is 0 Å². The first kappa shape index (κ1) is 15.0. The van der Waals surface area contributed by atoms with Crippen LogP contribution in [-0.2, 0) is 0 Å². The minimum Gasteiger partial charge on any atom is -0.349 e. The Balaban J connectivity index is 2.66. The lowest BCUT2D eigenvalue weighted by atomic mass is 10.0. The molecule has 1 amide bonds. The largest absolute Gasteiger partial charge is 0.349 e. The highest BCUT2D eigenvalue weighted by molar-refractivity contribution is 8.00. The number of carbonyl (C=O) groups excluding carboxylic acids is 1. The maximum atomic E-state index is 12.9. The van der Waals surface area contributed by atoms with Crippen molar-refractivity contribution in [1.29, 1.82) is 0 Å². The van der Waals surface area contributed by atoms with Crippen LogP contribution >= 0.6 is 11.8 Å². The summed E-state index contributed by atoms with van der Waals surface area (Å²) in [6, 6.07) is 4.22. The minimum absolute atomic E-state index is 0.0446. The molecule has 5 heteroatoms. The molecule has 3 nitrogen and oxygen atoms in total. The molecule has 1 aromatic heterocycles. The Morgan fingerprint density at radius 3 is 2.61 bits per heavy atom. The molecule has 0 unspecified atom stereocenters. The number of halogens is 1. The van der Waals surface area contributed by atoms with E-state index < -0.39 is 5.95 Å². The molecular weight excluding hydrogens is 251 g/mol. The van der Waals surface area contributed by atoms with E-state index in [1.807, 2.05) is 6.26 Å². The second-order valence-corrected chi connectivity index (χ2v) is 5.40. The number of hydrogen-bond acceptors (Lipinski definition) is 3. The van der Waals surface area contributed by atoms with E-state index in [2.05, 4.69) is 24.1 Å². The molecule has 1 N–H and O–H groups in total. The molecule has 0 saturated heterocycles. The predicted molar refractivity (Wildman–Crippen MR) is 73.4 cm³/mol. The highest BCUT2D eigenvalue weighted by atomic mass is 32.2. The zero-order valence-corrected chi connectivity index (χ0v) is 11.8. The van der Waals surface area contributed by atoms with Gasteiger partial charge in [0, 0.05) is 11.3 Å². The molecule has 0 bridgehead atoms. The van der Waals surface area contributed by atoms with E-state index >= 15 is 0 Å². The van der Waals surface area contributed by atoms with Crippen LogP contribution in [0.3, 0.4) is 0 Å². The standard InChI is InChI=1S/C13H19FN2OS/c1-4-13(5-2,18-3)9-15-12(17)10-7-6-8-11(14)16-10/h6-8H,4-5,9H2,1-3H3,(H,15,17). The van der Waals surface area contributed by atoms with Crippen LogP contribution in [0.5, 0.6) is 0 Å². The Bertz CT molecular complexity index is 399. The summed E-state index contributed by atoms with van der Waals surface area (Å²) in [5.41, 5.74) is 0.122. The van der Waals surface area contributed by atoms with Crippen molar-refractivity contribution in [3.8, 4) is 0 Å². The molecular formula is C13H19FN2OS. The van der Waals surface area contributed by atoms with E-state index in [9.17, 15) is 9.18 Å². The lowest BCUT2D eigenvalue weighted by Gasteiger charge is -2.29. The van der Waals surface area contributed by atoms with Crippen molar-refractivity contribution in [3.63, 3.8) is 0 Å². The topological polar surface area (TPSA) is 42.0 Å². The molecule has 0 atom stereocenters. The summed E-state index contributed by atoms with van der Waals surface area (Å²) in [6.45, 7) is 4.78. The zero-order valence-electron chi connectivity index (χ0n) is 11.0.